The number of piperazine rings is 1. The summed E-state index contributed by atoms with van der Waals surface area (Å²) in [5.41, 5.74) is 0. The smallest absolute Gasteiger partial charge is 0.234 e. The lowest BCUT2D eigenvalue weighted by Gasteiger charge is -2.39. The molecule has 2 saturated heterocycles. The number of methoxy groups -OCH3 is 1. The Bertz CT molecular complexity index is 408. The van der Waals surface area contributed by atoms with Gasteiger partial charge in [0.1, 0.15) is 0 Å². The first kappa shape index (κ1) is 18.1. The molecule has 0 aromatic heterocycles. The Kier molecular flexibility index (Phi) is 6.49. The predicted octanol–water partition coefficient (Wildman–Crippen LogP) is 0.382. The highest BCUT2D eigenvalue weighted by atomic mass is 16.5. The van der Waals surface area contributed by atoms with Gasteiger partial charge in [-0.2, -0.15) is 0 Å². The van der Waals surface area contributed by atoms with Crippen molar-refractivity contribution in [3.05, 3.63) is 0 Å². The van der Waals surface area contributed by atoms with Gasteiger partial charge >= 0.3 is 0 Å². The van der Waals surface area contributed by atoms with Gasteiger partial charge in [-0.15, -0.1) is 0 Å². The SMILES string of the molecule is COCCN1CCN(CC(=O)NC2CCN(C3CC3)CC2)C[C@@H]1C. The normalized spacial score (nSPS) is 28.2. The third-order valence-electron chi connectivity index (χ3n) is 5.76. The quantitative estimate of drug-likeness (QED) is 0.727. The number of carbonyl (C=O) groups excluding carboxylic acids is 1. The minimum atomic E-state index is 0.206. The molecule has 0 spiro atoms. The number of likely N-dealkylation sites (tertiary alicyclic amines) is 1. The lowest BCUT2D eigenvalue weighted by atomic mass is 10.0. The van der Waals surface area contributed by atoms with Gasteiger partial charge in [-0.05, 0) is 32.6 Å². The molecule has 0 aromatic rings. The van der Waals surface area contributed by atoms with Crippen LogP contribution in [0.15, 0.2) is 0 Å². The molecule has 6 heteroatoms. The van der Waals surface area contributed by atoms with Gasteiger partial charge < -0.3 is 15.0 Å². The van der Waals surface area contributed by atoms with Crippen LogP contribution in [0.25, 0.3) is 0 Å². The van der Waals surface area contributed by atoms with E-state index < -0.39 is 0 Å². The summed E-state index contributed by atoms with van der Waals surface area (Å²) in [7, 11) is 1.75. The maximum atomic E-state index is 12.4. The standard InChI is InChI=1S/C18H34N4O2/c1-15-13-20(9-10-21(15)11-12-24-2)14-18(23)19-16-5-7-22(8-6-16)17-3-4-17/h15-17H,3-14H2,1-2H3,(H,19,23)/t15-/m0/s1. The molecule has 0 aromatic carbocycles. The molecule has 0 radical (unpaired) electrons. The van der Waals surface area contributed by atoms with Crippen LogP contribution in [0.3, 0.4) is 0 Å². The van der Waals surface area contributed by atoms with Gasteiger partial charge in [-0.1, -0.05) is 0 Å². The summed E-state index contributed by atoms with van der Waals surface area (Å²) in [4.78, 5) is 19.7. The van der Waals surface area contributed by atoms with Gasteiger partial charge in [0.25, 0.3) is 0 Å². The fourth-order valence-electron chi connectivity index (χ4n) is 4.08. The van der Waals surface area contributed by atoms with Gasteiger partial charge in [0, 0.05) is 64.5 Å². The van der Waals surface area contributed by atoms with Gasteiger partial charge in [0.15, 0.2) is 0 Å². The van der Waals surface area contributed by atoms with Crippen LogP contribution in [0.5, 0.6) is 0 Å². The van der Waals surface area contributed by atoms with E-state index in [2.05, 4.69) is 26.9 Å². The number of hydrogen-bond acceptors (Lipinski definition) is 5. The van der Waals surface area contributed by atoms with Crippen molar-refractivity contribution in [1.82, 2.24) is 20.0 Å². The molecule has 0 bridgehead atoms. The number of nitrogens with zero attached hydrogens (tertiary/aromatic N) is 3. The van der Waals surface area contributed by atoms with Crippen molar-refractivity contribution in [2.45, 2.75) is 50.7 Å². The van der Waals surface area contributed by atoms with Crippen molar-refractivity contribution in [3.8, 4) is 0 Å². The third-order valence-corrected chi connectivity index (χ3v) is 5.76. The molecular formula is C18H34N4O2. The Morgan fingerprint density at radius 1 is 1.12 bits per heavy atom. The minimum absolute atomic E-state index is 0.206. The van der Waals surface area contributed by atoms with Crippen molar-refractivity contribution >= 4 is 5.91 Å². The minimum Gasteiger partial charge on any atom is -0.383 e. The maximum absolute atomic E-state index is 12.4. The van der Waals surface area contributed by atoms with E-state index >= 15 is 0 Å². The molecule has 0 unspecified atom stereocenters. The van der Waals surface area contributed by atoms with Gasteiger partial charge in [0.2, 0.25) is 5.91 Å². The Balaban J connectivity index is 1.33. The van der Waals surface area contributed by atoms with E-state index in [0.29, 0.717) is 18.6 Å². The Labute approximate surface area is 146 Å². The highest BCUT2D eigenvalue weighted by molar-refractivity contribution is 5.78. The van der Waals surface area contributed by atoms with E-state index in [-0.39, 0.29) is 5.91 Å². The van der Waals surface area contributed by atoms with Crippen molar-refractivity contribution in [2.75, 3.05) is 59.5 Å². The topological polar surface area (TPSA) is 48.1 Å². The van der Waals surface area contributed by atoms with E-state index in [1.165, 1.54) is 12.8 Å². The molecule has 1 aliphatic carbocycles. The first-order valence-corrected chi connectivity index (χ1v) is 9.64. The molecule has 2 heterocycles. The average molecular weight is 338 g/mol. The maximum Gasteiger partial charge on any atom is 0.234 e. The molecule has 3 rings (SSSR count). The van der Waals surface area contributed by atoms with Crippen LogP contribution in [-0.2, 0) is 9.53 Å². The first-order valence-electron chi connectivity index (χ1n) is 9.64. The van der Waals surface area contributed by atoms with Crippen LogP contribution < -0.4 is 5.32 Å². The van der Waals surface area contributed by atoms with E-state index in [1.54, 1.807) is 7.11 Å². The number of ether oxygens (including phenoxy) is 1. The van der Waals surface area contributed by atoms with E-state index in [9.17, 15) is 4.79 Å². The number of hydrogen-bond donors (Lipinski definition) is 1. The zero-order valence-electron chi connectivity index (χ0n) is 15.4. The van der Waals surface area contributed by atoms with E-state index in [0.717, 1.165) is 64.8 Å². The molecule has 1 saturated carbocycles. The fourth-order valence-corrected chi connectivity index (χ4v) is 4.08. The monoisotopic (exact) mass is 338 g/mol. The summed E-state index contributed by atoms with van der Waals surface area (Å²) in [6.45, 7) is 9.84. The third kappa shape index (κ3) is 5.15. The highest BCUT2D eigenvalue weighted by Crippen LogP contribution is 2.29. The van der Waals surface area contributed by atoms with Crippen molar-refractivity contribution in [1.29, 1.82) is 0 Å². The molecule has 2 aliphatic heterocycles. The Hall–Kier alpha value is -0.690. The number of piperidine rings is 1. The molecule has 24 heavy (non-hydrogen) atoms. The number of amides is 1. The Morgan fingerprint density at radius 3 is 2.50 bits per heavy atom. The second kappa shape index (κ2) is 8.61. The number of carbonyl (C=O) groups is 1. The summed E-state index contributed by atoms with van der Waals surface area (Å²) in [6, 6.07) is 1.73. The number of rotatable bonds is 7. The molecule has 1 N–H and O–H groups in total. The number of nitrogens with one attached hydrogen (secondary N) is 1. The van der Waals surface area contributed by atoms with Gasteiger partial charge in [-0.3, -0.25) is 14.6 Å². The fraction of sp³-hybridized carbons (Fsp3) is 0.944. The van der Waals surface area contributed by atoms with Crippen LogP contribution in [0, 0.1) is 0 Å². The Morgan fingerprint density at radius 2 is 1.88 bits per heavy atom. The van der Waals surface area contributed by atoms with Crippen LogP contribution in [0.4, 0.5) is 0 Å². The molecule has 3 aliphatic rings. The van der Waals surface area contributed by atoms with Gasteiger partial charge in [0.05, 0.1) is 13.2 Å². The molecular weight excluding hydrogens is 304 g/mol. The summed E-state index contributed by atoms with van der Waals surface area (Å²) in [5, 5.41) is 3.27. The van der Waals surface area contributed by atoms with Gasteiger partial charge in [-0.25, -0.2) is 0 Å². The molecule has 3 fully saturated rings. The second-order valence-corrected chi connectivity index (χ2v) is 7.72. The lowest BCUT2D eigenvalue weighted by Crippen LogP contribution is -2.55. The summed E-state index contributed by atoms with van der Waals surface area (Å²) in [6.07, 6.45) is 4.99. The zero-order chi connectivity index (χ0) is 16.9. The van der Waals surface area contributed by atoms with Crippen LogP contribution in [0.1, 0.15) is 32.6 Å². The zero-order valence-corrected chi connectivity index (χ0v) is 15.4. The van der Waals surface area contributed by atoms with Crippen LogP contribution >= 0.6 is 0 Å². The largest absolute Gasteiger partial charge is 0.383 e. The highest BCUT2D eigenvalue weighted by Gasteiger charge is 2.32. The van der Waals surface area contributed by atoms with Crippen LogP contribution in [0.2, 0.25) is 0 Å². The van der Waals surface area contributed by atoms with Crippen LogP contribution in [-0.4, -0.2) is 98.3 Å². The van der Waals surface area contributed by atoms with Crippen molar-refractivity contribution < 1.29 is 9.53 Å². The van der Waals surface area contributed by atoms with E-state index in [1.807, 2.05) is 0 Å². The summed E-state index contributed by atoms with van der Waals surface area (Å²) in [5.74, 6) is 0.206. The summed E-state index contributed by atoms with van der Waals surface area (Å²) < 4.78 is 5.17. The molecule has 1 atom stereocenters. The second-order valence-electron chi connectivity index (χ2n) is 7.72. The summed E-state index contributed by atoms with van der Waals surface area (Å²) >= 11 is 0. The van der Waals surface area contributed by atoms with Crippen molar-refractivity contribution in [2.24, 2.45) is 0 Å². The van der Waals surface area contributed by atoms with E-state index in [4.69, 9.17) is 4.74 Å². The molecule has 138 valence electrons. The molecule has 6 nitrogen and oxygen atoms in total. The predicted molar refractivity (Wildman–Crippen MR) is 95.1 cm³/mol. The first-order chi connectivity index (χ1) is 11.7. The average Bonchev–Trinajstić information content (AvgIpc) is 3.40. The lowest BCUT2D eigenvalue weighted by molar-refractivity contribution is -0.124. The molecule has 1 amide bonds. The van der Waals surface area contributed by atoms with Crippen molar-refractivity contribution in [3.63, 3.8) is 0 Å².